The van der Waals surface area contributed by atoms with Gasteiger partial charge in [0.2, 0.25) is 0 Å². The normalized spacial score (nSPS) is 14.1. The van der Waals surface area contributed by atoms with Gasteiger partial charge in [0.15, 0.2) is 12.2 Å². The molecule has 0 aromatic carbocycles. The molecule has 0 amide bonds. The molecule has 0 aliphatic carbocycles. The third-order valence-corrected chi connectivity index (χ3v) is 20.2. The molecule has 2 unspecified atom stereocenters. The zero-order valence-electron chi connectivity index (χ0n) is 64.4. The highest BCUT2D eigenvalue weighted by Crippen LogP contribution is 2.45. The Bertz CT molecular complexity index is 1920. The molecular formula is C79H154O17P2. The zero-order valence-corrected chi connectivity index (χ0v) is 66.2. The van der Waals surface area contributed by atoms with E-state index in [4.69, 9.17) is 37.0 Å². The Hall–Kier alpha value is -1.94. The van der Waals surface area contributed by atoms with Crippen molar-refractivity contribution in [1.82, 2.24) is 0 Å². The monoisotopic (exact) mass is 1440 g/mol. The van der Waals surface area contributed by atoms with Crippen molar-refractivity contribution in [1.29, 1.82) is 0 Å². The predicted octanol–water partition coefficient (Wildman–Crippen LogP) is 23.2. The number of unbranched alkanes of at least 4 members (excludes halogenated alkanes) is 42. The molecule has 0 bridgehead atoms. The van der Waals surface area contributed by atoms with Gasteiger partial charge in [-0.15, -0.1) is 0 Å². The zero-order chi connectivity index (χ0) is 72.4. The van der Waals surface area contributed by atoms with Crippen LogP contribution in [0.3, 0.4) is 0 Å². The lowest BCUT2D eigenvalue weighted by molar-refractivity contribution is -0.161. The van der Waals surface area contributed by atoms with Crippen molar-refractivity contribution in [3.05, 3.63) is 0 Å². The number of aliphatic hydroxyl groups excluding tert-OH is 1. The first kappa shape index (κ1) is 96.1. The van der Waals surface area contributed by atoms with Gasteiger partial charge in [-0.3, -0.25) is 37.3 Å². The number of esters is 4. The molecular weight excluding hydrogens is 1280 g/mol. The highest BCUT2D eigenvalue weighted by Gasteiger charge is 2.30. The summed E-state index contributed by atoms with van der Waals surface area (Å²) in [5.74, 6) is 0.966. The standard InChI is InChI=1S/C79H154O17P2/c1-69(2)55-47-39-31-23-16-12-9-10-14-19-28-37-45-53-61-78(83)95-74(65-89-76(81)59-51-43-35-27-18-15-11-13-17-24-32-40-48-56-70(3)4)67-93-97(85,86)91-63-73(80)64-92-98(87,88)94-68-75(66-90-77(82)60-52-44-36-30-22-26-34-42-50-58-72(7)8)96-79(84)62-54-46-38-29-21-20-25-33-41-49-57-71(5)6/h69-75,80H,9-68H2,1-8H3,(H,85,86)(H,87,88)/t73-,74-,75-/m1/s1. The number of phosphoric acid groups is 2. The van der Waals surface area contributed by atoms with E-state index in [1.165, 1.54) is 205 Å². The smallest absolute Gasteiger partial charge is 0.462 e. The van der Waals surface area contributed by atoms with Crippen LogP contribution in [-0.2, 0) is 65.4 Å². The van der Waals surface area contributed by atoms with Gasteiger partial charge in [0.25, 0.3) is 0 Å². The second-order valence-corrected chi connectivity index (χ2v) is 33.3. The molecule has 3 N–H and O–H groups in total. The third-order valence-electron chi connectivity index (χ3n) is 18.3. The van der Waals surface area contributed by atoms with Crippen LogP contribution in [0.5, 0.6) is 0 Å². The molecule has 0 saturated heterocycles. The van der Waals surface area contributed by atoms with E-state index < -0.39 is 97.5 Å². The molecule has 19 heteroatoms. The lowest BCUT2D eigenvalue weighted by Gasteiger charge is -2.21. The Kier molecular flexibility index (Phi) is 66.8. The molecule has 0 aromatic heterocycles. The molecule has 582 valence electrons. The summed E-state index contributed by atoms with van der Waals surface area (Å²) in [5, 5.41) is 10.6. The summed E-state index contributed by atoms with van der Waals surface area (Å²) in [7, 11) is -9.92. The van der Waals surface area contributed by atoms with Crippen molar-refractivity contribution in [2.45, 2.75) is 420 Å². The van der Waals surface area contributed by atoms with Crippen LogP contribution in [-0.4, -0.2) is 96.7 Å². The van der Waals surface area contributed by atoms with Crippen LogP contribution in [0.15, 0.2) is 0 Å². The van der Waals surface area contributed by atoms with Crippen molar-refractivity contribution in [2.24, 2.45) is 23.7 Å². The molecule has 98 heavy (non-hydrogen) atoms. The largest absolute Gasteiger partial charge is 0.472 e. The minimum absolute atomic E-state index is 0.105. The van der Waals surface area contributed by atoms with Gasteiger partial charge < -0.3 is 33.8 Å². The maximum Gasteiger partial charge on any atom is 0.472 e. The van der Waals surface area contributed by atoms with Gasteiger partial charge in [0.1, 0.15) is 19.3 Å². The quantitative estimate of drug-likeness (QED) is 0.0222. The van der Waals surface area contributed by atoms with Gasteiger partial charge in [-0.2, -0.15) is 0 Å². The molecule has 0 radical (unpaired) electrons. The van der Waals surface area contributed by atoms with E-state index in [1.54, 1.807) is 0 Å². The van der Waals surface area contributed by atoms with E-state index in [9.17, 15) is 43.2 Å². The first-order valence-electron chi connectivity index (χ1n) is 40.7. The van der Waals surface area contributed by atoms with Crippen LogP contribution in [0.1, 0.15) is 402 Å². The summed E-state index contributed by atoms with van der Waals surface area (Å²) in [6, 6.07) is 0. The molecule has 0 aliphatic heterocycles. The van der Waals surface area contributed by atoms with Crippen LogP contribution in [0.4, 0.5) is 0 Å². The van der Waals surface area contributed by atoms with Crippen LogP contribution >= 0.6 is 15.6 Å². The van der Waals surface area contributed by atoms with Gasteiger partial charge in [-0.25, -0.2) is 9.13 Å². The van der Waals surface area contributed by atoms with Gasteiger partial charge in [-0.1, -0.05) is 351 Å². The number of aliphatic hydroxyl groups is 1. The van der Waals surface area contributed by atoms with Crippen LogP contribution in [0, 0.1) is 23.7 Å². The SMILES string of the molecule is CC(C)CCCCCCCCCCCCCCCCC(=O)O[C@H](COC(=O)CCCCCCCCCCCCCCCC(C)C)COP(=O)(O)OC[C@@H](O)COP(=O)(O)OC[C@@H](COC(=O)CCCCCCCCCCCC(C)C)OC(=O)CCCCCCCCCCCCC(C)C. The Morgan fingerprint density at radius 1 is 0.255 bits per heavy atom. The number of carbonyl (C=O) groups is 4. The highest BCUT2D eigenvalue weighted by atomic mass is 31.2. The van der Waals surface area contributed by atoms with E-state index in [1.807, 2.05) is 0 Å². The fraction of sp³-hybridized carbons (Fsp3) is 0.949. The Morgan fingerprint density at radius 2 is 0.429 bits per heavy atom. The first-order valence-corrected chi connectivity index (χ1v) is 43.7. The van der Waals surface area contributed by atoms with Crippen molar-refractivity contribution in [2.75, 3.05) is 39.6 Å². The van der Waals surface area contributed by atoms with Gasteiger partial charge in [-0.05, 0) is 49.4 Å². The molecule has 0 fully saturated rings. The number of rotatable bonds is 76. The summed E-state index contributed by atoms with van der Waals surface area (Å²) < 4.78 is 68.7. The fourth-order valence-electron chi connectivity index (χ4n) is 12.1. The summed E-state index contributed by atoms with van der Waals surface area (Å²) in [5.41, 5.74) is 0. The van der Waals surface area contributed by atoms with E-state index >= 15 is 0 Å². The van der Waals surface area contributed by atoms with Crippen molar-refractivity contribution in [3.63, 3.8) is 0 Å². The fourth-order valence-corrected chi connectivity index (χ4v) is 13.7. The third kappa shape index (κ3) is 72.4. The molecule has 0 aliphatic rings. The van der Waals surface area contributed by atoms with Crippen LogP contribution in [0.25, 0.3) is 0 Å². The average molecular weight is 1440 g/mol. The molecule has 0 saturated carbocycles. The van der Waals surface area contributed by atoms with Crippen LogP contribution < -0.4 is 0 Å². The van der Waals surface area contributed by atoms with Crippen LogP contribution in [0.2, 0.25) is 0 Å². The number of carbonyl (C=O) groups excluding carboxylic acids is 4. The second kappa shape index (κ2) is 68.2. The number of hydrogen-bond acceptors (Lipinski definition) is 15. The molecule has 5 atom stereocenters. The molecule has 0 spiro atoms. The highest BCUT2D eigenvalue weighted by molar-refractivity contribution is 7.47. The molecule has 0 rings (SSSR count). The average Bonchev–Trinajstić information content (AvgIpc) is 0.955. The van der Waals surface area contributed by atoms with Gasteiger partial charge in [0, 0.05) is 25.7 Å². The minimum atomic E-state index is -4.96. The Balaban J connectivity index is 5.27. The lowest BCUT2D eigenvalue weighted by Crippen LogP contribution is -2.30. The Labute approximate surface area is 600 Å². The summed E-state index contributed by atoms with van der Waals surface area (Å²) in [6.07, 6.45) is 54.0. The molecule has 17 nitrogen and oxygen atoms in total. The van der Waals surface area contributed by atoms with Crippen molar-refractivity contribution >= 4 is 39.5 Å². The van der Waals surface area contributed by atoms with Crippen molar-refractivity contribution in [3.8, 4) is 0 Å². The maximum absolute atomic E-state index is 13.1. The number of hydrogen-bond donors (Lipinski definition) is 3. The van der Waals surface area contributed by atoms with Gasteiger partial charge >= 0.3 is 39.5 Å². The topological polar surface area (TPSA) is 237 Å². The number of phosphoric ester groups is 2. The van der Waals surface area contributed by atoms with E-state index in [0.717, 1.165) is 114 Å². The summed E-state index contributed by atoms with van der Waals surface area (Å²) >= 11 is 0. The van der Waals surface area contributed by atoms with E-state index in [-0.39, 0.29) is 25.7 Å². The van der Waals surface area contributed by atoms with E-state index in [0.29, 0.717) is 25.7 Å². The predicted molar refractivity (Wildman–Crippen MR) is 400 cm³/mol. The maximum atomic E-state index is 13.1. The lowest BCUT2D eigenvalue weighted by atomic mass is 10.0. The number of ether oxygens (including phenoxy) is 4. The van der Waals surface area contributed by atoms with Gasteiger partial charge in [0.05, 0.1) is 26.4 Å². The molecule has 0 heterocycles. The summed E-state index contributed by atoms with van der Waals surface area (Å²) in [6.45, 7) is 14.2. The Morgan fingerprint density at radius 3 is 0.633 bits per heavy atom. The molecule has 0 aromatic rings. The minimum Gasteiger partial charge on any atom is -0.462 e. The van der Waals surface area contributed by atoms with E-state index in [2.05, 4.69) is 55.4 Å². The summed E-state index contributed by atoms with van der Waals surface area (Å²) in [4.78, 5) is 73.0. The first-order chi connectivity index (χ1) is 47.1. The van der Waals surface area contributed by atoms with Crippen molar-refractivity contribution < 1.29 is 80.2 Å². The second-order valence-electron chi connectivity index (χ2n) is 30.4.